The van der Waals surface area contributed by atoms with Crippen molar-refractivity contribution in [1.82, 2.24) is 4.90 Å². The van der Waals surface area contributed by atoms with E-state index >= 15 is 0 Å². The third-order valence-electron chi connectivity index (χ3n) is 4.09. The maximum absolute atomic E-state index is 12.3. The average molecular weight is 354 g/mol. The topological polar surface area (TPSA) is 58.6 Å². The Morgan fingerprint density at radius 1 is 1.04 bits per heavy atom. The zero-order valence-corrected chi connectivity index (χ0v) is 15.8. The predicted molar refractivity (Wildman–Crippen MR) is 104 cm³/mol. The quantitative estimate of drug-likeness (QED) is 0.824. The number of carbonyl (C=O) groups excluding carboxylic acids is 2. The molecule has 1 atom stereocenters. The summed E-state index contributed by atoms with van der Waals surface area (Å²) < 4.78 is 5.72. The molecule has 0 radical (unpaired) electrons. The molecule has 0 aromatic heterocycles. The fourth-order valence-corrected chi connectivity index (χ4v) is 2.24. The summed E-state index contributed by atoms with van der Waals surface area (Å²) in [6.45, 7) is 4.07. The van der Waals surface area contributed by atoms with Gasteiger partial charge in [-0.05, 0) is 55.3 Å². The van der Waals surface area contributed by atoms with E-state index in [1.54, 1.807) is 55.4 Å². The highest BCUT2D eigenvalue weighted by Crippen LogP contribution is 2.17. The van der Waals surface area contributed by atoms with E-state index in [1.165, 1.54) is 0 Å². The van der Waals surface area contributed by atoms with Gasteiger partial charge in [-0.2, -0.15) is 0 Å². The van der Waals surface area contributed by atoms with Gasteiger partial charge in [0.05, 0.1) is 12.5 Å². The highest BCUT2D eigenvalue weighted by atomic mass is 16.5. The second-order valence-corrected chi connectivity index (χ2v) is 6.48. The minimum atomic E-state index is -0.183. The number of nitrogens with zero attached hydrogens (tertiary/aromatic N) is 1. The lowest BCUT2D eigenvalue weighted by Gasteiger charge is -2.13. The standard InChI is InChI=1S/C21H26N2O3/c1-5-15(2)26-19-12-8-17(9-13-19)21(25)22-18-10-6-16(7-11-18)14-20(24)23(3)4/h6-13,15H,5,14H2,1-4H3,(H,22,25). The minimum Gasteiger partial charge on any atom is -0.491 e. The molecule has 2 aromatic rings. The van der Waals surface area contributed by atoms with Crippen LogP contribution in [-0.2, 0) is 11.2 Å². The third kappa shape index (κ3) is 5.62. The smallest absolute Gasteiger partial charge is 0.255 e. The molecule has 138 valence electrons. The highest BCUT2D eigenvalue weighted by Gasteiger charge is 2.09. The van der Waals surface area contributed by atoms with Crippen LogP contribution in [0.5, 0.6) is 5.75 Å². The average Bonchev–Trinajstić information content (AvgIpc) is 2.63. The van der Waals surface area contributed by atoms with Crippen molar-refractivity contribution in [3.8, 4) is 5.75 Å². The zero-order valence-electron chi connectivity index (χ0n) is 15.8. The van der Waals surface area contributed by atoms with Gasteiger partial charge in [0, 0.05) is 25.3 Å². The first kappa shape index (κ1) is 19.5. The summed E-state index contributed by atoms with van der Waals surface area (Å²) in [6, 6.07) is 14.4. The van der Waals surface area contributed by atoms with Crippen LogP contribution in [-0.4, -0.2) is 36.9 Å². The van der Waals surface area contributed by atoms with Gasteiger partial charge in [-0.1, -0.05) is 19.1 Å². The molecule has 2 rings (SSSR count). The van der Waals surface area contributed by atoms with Gasteiger partial charge in [0.2, 0.25) is 5.91 Å². The summed E-state index contributed by atoms with van der Waals surface area (Å²) in [5, 5.41) is 2.86. The van der Waals surface area contributed by atoms with Crippen LogP contribution in [0.25, 0.3) is 0 Å². The lowest BCUT2D eigenvalue weighted by Crippen LogP contribution is -2.23. The van der Waals surface area contributed by atoms with Crippen LogP contribution in [0, 0.1) is 0 Å². The Hall–Kier alpha value is -2.82. The second-order valence-electron chi connectivity index (χ2n) is 6.48. The van der Waals surface area contributed by atoms with E-state index in [9.17, 15) is 9.59 Å². The second kappa shape index (κ2) is 9.04. The Morgan fingerprint density at radius 3 is 2.19 bits per heavy atom. The first-order valence-corrected chi connectivity index (χ1v) is 8.76. The molecular weight excluding hydrogens is 328 g/mol. The fourth-order valence-electron chi connectivity index (χ4n) is 2.24. The number of carbonyl (C=O) groups is 2. The molecule has 0 saturated carbocycles. The number of anilines is 1. The van der Waals surface area contributed by atoms with Crippen LogP contribution >= 0.6 is 0 Å². The van der Waals surface area contributed by atoms with Crippen LogP contribution in [0.1, 0.15) is 36.2 Å². The summed E-state index contributed by atoms with van der Waals surface area (Å²) >= 11 is 0. The van der Waals surface area contributed by atoms with Gasteiger partial charge >= 0.3 is 0 Å². The van der Waals surface area contributed by atoms with Crippen molar-refractivity contribution in [2.24, 2.45) is 0 Å². The van der Waals surface area contributed by atoms with E-state index in [-0.39, 0.29) is 17.9 Å². The molecule has 0 spiro atoms. The molecule has 0 heterocycles. The van der Waals surface area contributed by atoms with Crippen LogP contribution in [0.15, 0.2) is 48.5 Å². The Bertz CT molecular complexity index is 737. The third-order valence-corrected chi connectivity index (χ3v) is 4.09. The van der Waals surface area contributed by atoms with Crippen molar-refractivity contribution in [1.29, 1.82) is 0 Å². The number of benzene rings is 2. The Kier molecular flexibility index (Phi) is 6.78. The summed E-state index contributed by atoms with van der Waals surface area (Å²) in [5.41, 5.74) is 2.16. The maximum atomic E-state index is 12.3. The van der Waals surface area contributed by atoms with Crippen molar-refractivity contribution < 1.29 is 14.3 Å². The SMILES string of the molecule is CCC(C)Oc1ccc(C(=O)Nc2ccc(CC(=O)N(C)C)cc2)cc1. The molecule has 5 heteroatoms. The molecule has 5 nitrogen and oxygen atoms in total. The largest absolute Gasteiger partial charge is 0.491 e. The summed E-state index contributed by atoms with van der Waals surface area (Å²) in [6.07, 6.45) is 1.42. The molecule has 2 amide bonds. The van der Waals surface area contributed by atoms with Gasteiger partial charge in [0.15, 0.2) is 0 Å². The first-order valence-electron chi connectivity index (χ1n) is 8.76. The van der Waals surface area contributed by atoms with Crippen molar-refractivity contribution in [2.45, 2.75) is 32.8 Å². The number of hydrogen-bond donors (Lipinski definition) is 1. The first-order chi connectivity index (χ1) is 12.4. The maximum Gasteiger partial charge on any atom is 0.255 e. The molecular formula is C21H26N2O3. The fraction of sp³-hybridized carbons (Fsp3) is 0.333. The molecule has 0 aliphatic heterocycles. The Labute approximate surface area is 155 Å². The summed E-state index contributed by atoms with van der Waals surface area (Å²) in [7, 11) is 3.46. The molecule has 0 bridgehead atoms. The molecule has 1 unspecified atom stereocenters. The van der Waals surface area contributed by atoms with E-state index in [1.807, 2.05) is 19.1 Å². The Balaban J connectivity index is 1.95. The van der Waals surface area contributed by atoms with Crippen LogP contribution in [0.2, 0.25) is 0 Å². The van der Waals surface area contributed by atoms with E-state index < -0.39 is 0 Å². The number of hydrogen-bond acceptors (Lipinski definition) is 3. The van der Waals surface area contributed by atoms with E-state index in [4.69, 9.17) is 4.74 Å². The lowest BCUT2D eigenvalue weighted by molar-refractivity contribution is -0.127. The van der Waals surface area contributed by atoms with E-state index in [2.05, 4.69) is 12.2 Å². The minimum absolute atomic E-state index is 0.0430. The summed E-state index contributed by atoms with van der Waals surface area (Å²) in [4.78, 5) is 25.6. The van der Waals surface area contributed by atoms with Gasteiger partial charge in [-0.25, -0.2) is 0 Å². The van der Waals surface area contributed by atoms with Crippen molar-refractivity contribution in [3.63, 3.8) is 0 Å². The summed E-state index contributed by atoms with van der Waals surface area (Å²) in [5.74, 6) is 0.615. The highest BCUT2D eigenvalue weighted by molar-refractivity contribution is 6.04. The predicted octanol–water partition coefficient (Wildman–Crippen LogP) is 3.75. The number of nitrogens with one attached hydrogen (secondary N) is 1. The zero-order chi connectivity index (χ0) is 19.1. The van der Waals surface area contributed by atoms with Crippen molar-refractivity contribution in [3.05, 3.63) is 59.7 Å². The molecule has 1 N–H and O–H groups in total. The number of rotatable bonds is 7. The molecule has 0 aliphatic carbocycles. The molecule has 2 aromatic carbocycles. The number of amides is 2. The molecule has 0 saturated heterocycles. The van der Waals surface area contributed by atoms with Gasteiger partial charge in [0.25, 0.3) is 5.91 Å². The molecule has 0 fully saturated rings. The van der Waals surface area contributed by atoms with Crippen LogP contribution < -0.4 is 10.1 Å². The van der Waals surface area contributed by atoms with Gasteiger partial charge in [0.1, 0.15) is 5.75 Å². The van der Waals surface area contributed by atoms with Gasteiger partial charge in [-0.3, -0.25) is 9.59 Å². The van der Waals surface area contributed by atoms with Crippen molar-refractivity contribution >= 4 is 17.5 Å². The van der Waals surface area contributed by atoms with Gasteiger partial charge in [-0.15, -0.1) is 0 Å². The van der Waals surface area contributed by atoms with Crippen LogP contribution in [0.3, 0.4) is 0 Å². The number of ether oxygens (including phenoxy) is 1. The van der Waals surface area contributed by atoms with E-state index in [0.29, 0.717) is 17.7 Å². The van der Waals surface area contributed by atoms with Crippen LogP contribution in [0.4, 0.5) is 5.69 Å². The molecule has 0 aliphatic rings. The Morgan fingerprint density at radius 2 is 1.65 bits per heavy atom. The van der Waals surface area contributed by atoms with E-state index in [0.717, 1.165) is 17.7 Å². The van der Waals surface area contributed by atoms with Crippen molar-refractivity contribution in [2.75, 3.05) is 19.4 Å². The monoisotopic (exact) mass is 354 g/mol. The lowest BCUT2D eigenvalue weighted by atomic mass is 10.1. The van der Waals surface area contributed by atoms with Gasteiger partial charge < -0.3 is 15.0 Å². The molecule has 26 heavy (non-hydrogen) atoms. The normalized spacial score (nSPS) is 11.5. The number of likely N-dealkylation sites (N-methyl/N-ethyl adjacent to an activating group) is 1.